The van der Waals surface area contributed by atoms with Crippen LogP contribution in [0.2, 0.25) is 0 Å². The predicted octanol–water partition coefficient (Wildman–Crippen LogP) is 1.02. The largest absolute Gasteiger partial charge is 0.480 e. The molecule has 2 aromatic carbocycles. The number of nitrogens with one attached hydrogen (secondary N) is 2. The maximum atomic E-state index is 12.6. The van der Waals surface area contributed by atoms with Crippen LogP contribution in [0.5, 0.6) is 0 Å². The van der Waals surface area contributed by atoms with Crippen LogP contribution in [0, 0.1) is 0 Å². The lowest BCUT2D eigenvalue weighted by atomic mass is 10.1. The zero-order valence-corrected chi connectivity index (χ0v) is 21.3. The van der Waals surface area contributed by atoms with Gasteiger partial charge in [-0.1, -0.05) is 30.3 Å². The van der Waals surface area contributed by atoms with Crippen molar-refractivity contribution in [3.8, 4) is 0 Å². The van der Waals surface area contributed by atoms with Gasteiger partial charge in [-0.3, -0.25) is 14.7 Å². The highest BCUT2D eigenvalue weighted by atomic mass is 32.2. The minimum absolute atomic E-state index is 0.0308. The van der Waals surface area contributed by atoms with Crippen molar-refractivity contribution in [2.45, 2.75) is 23.9 Å². The number of carboxylic acid groups (broad SMARTS) is 1. The molecule has 2 aliphatic heterocycles. The van der Waals surface area contributed by atoms with Crippen molar-refractivity contribution in [2.75, 3.05) is 57.8 Å². The number of sulfonamides is 1. The van der Waals surface area contributed by atoms with E-state index >= 15 is 0 Å². The minimum atomic E-state index is -3.93. The fraction of sp³-hybridized carbons (Fsp3) is 0.440. The first-order chi connectivity index (χ1) is 17.3. The van der Waals surface area contributed by atoms with E-state index in [0.29, 0.717) is 6.54 Å². The molecule has 10 nitrogen and oxygen atoms in total. The van der Waals surface area contributed by atoms with Gasteiger partial charge in [0, 0.05) is 58.0 Å². The summed E-state index contributed by atoms with van der Waals surface area (Å²) in [6.45, 7) is 6.09. The van der Waals surface area contributed by atoms with Gasteiger partial charge in [0.05, 0.1) is 4.90 Å². The van der Waals surface area contributed by atoms with E-state index in [-0.39, 0.29) is 11.4 Å². The fourth-order valence-corrected chi connectivity index (χ4v) is 5.63. The number of carboxylic acids is 1. The molecule has 1 atom stereocenters. The van der Waals surface area contributed by atoms with E-state index in [9.17, 15) is 18.3 Å². The number of hydrogen-bond donors (Lipinski definition) is 3. The smallest absolute Gasteiger partial charge is 0.323 e. The molecule has 3 N–H and O–H groups in total. The summed E-state index contributed by atoms with van der Waals surface area (Å²) < 4.78 is 27.5. The van der Waals surface area contributed by atoms with E-state index < -0.39 is 22.0 Å². The van der Waals surface area contributed by atoms with E-state index in [1.807, 2.05) is 12.1 Å². The number of aliphatic imine (C=N–C) groups is 1. The molecule has 2 aromatic rings. The highest BCUT2D eigenvalue weighted by molar-refractivity contribution is 7.89. The van der Waals surface area contributed by atoms with E-state index in [1.54, 1.807) is 30.1 Å². The van der Waals surface area contributed by atoms with Crippen LogP contribution in [0.15, 0.2) is 64.5 Å². The van der Waals surface area contributed by atoms with E-state index in [1.165, 1.54) is 12.1 Å². The standard InChI is InChI=1S/C25H34N6O4S/c1-29(19-23(24(32)33)28-36(34,35)22-6-3-2-4-7-22)18-20-8-10-21(11-9-20)30-14-16-31(17-15-30)25-26-12-5-13-27-25/h2-4,6-11,23,28H,5,12-19H2,1H3,(H,26,27)(H,32,33)/t23-/m0/s1. The molecule has 2 aliphatic rings. The van der Waals surface area contributed by atoms with Crippen molar-refractivity contribution in [1.29, 1.82) is 0 Å². The first kappa shape index (κ1) is 25.9. The number of anilines is 1. The second-order valence-corrected chi connectivity index (χ2v) is 10.9. The van der Waals surface area contributed by atoms with Crippen LogP contribution < -0.4 is 14.9 Å². The molecule has 0 unspecified atom stereocenters. The molecule has 0 amide bonds. The number of hydrogen-bond acceptors (Lipinski definition) is 8. The summed E-state index contributed by atoms with van der Waals surface area (Å²) in [4.78, 5) is 22.9. The zero-order chi connectivity index (χ0) is 25.5. The average Bonchev–Trinajstić information content (AvgIpc) is 2.90. The number of aliphatic carboxylic acids is 1. The summed E-state index contributed by atoms with van der Waals surface area (Å²) in [6, 6.07) is 14.8. The lowest BCUT2D eigenvalue weighted by Gasteiger charge is -2.38. The van der Waals surface area contributed by atoms with Gasteiger partial charge >= 0.3 is 5.97 Å². The Morgan fingerprint density at radius 1 is 1.08 bits per heavy atom. The van der Waals surface area contributed by atoms with Crippen LogP contribution in [0.3, 0.4) is 0 Å². The summed E-state index contributed by atoms with van der Waals surface area (Å²) in [5.41, 5.74) is 2.18. The number of rotatable bonds is 9. The molecule has 194 valence electrons. The Morgan fingerprint density at radius 3 is 2.36 bits per heavy atom. The van der Waals surface area contributed by atoms with Crippen molar-refractivity contribution in [3.05, 3.63) is 60.2 Å². The van der Waals surface area contributed by atoms with E-state index in [0.717, 1.165) is 62.9 Å². The number of carbonyl (C=O) groups is 1. The number of likely N-dealkylation sites (N-methyl/N-ethyl adjacent to an activating group) is 1. The topological polar surface area (TPSA) is 118 Å². The van der Waals surface area contributed by atoms with Gasteiger partial charge in [0.1, 0.15) is 6.04 Å². The van der Waals surface area contributed by atoms with Crippen LogP contribution in [-0.4, -0.2) is 94.2 Å². The van der Waals surface area contributed by atoms with Gasteiger partial charge in [0.2, 0.25) is 10.0 Å². The van der Waals surface area contributed by atoms with Crippen molar-refractivity contribution >= 4 is 27.6 Å². The molecule has 0 saturated carbocycles. The average molecular weight is 515 g/mol. The van der Waals surface area contributed by atoms with Crippen LogP contribution >= 0.6 is 0 Å². The van der Waals surface area contributed by atoms with Crippen LogP contribution in [0.25, 0.3) is 0 Å². The Bertz CT molecular complexity index is 1150. The Labute approximate surface area is 212 Å². The Morgan fingerprint density at radius 2 is 1.75 bits per heavy atom. The normalized spacial score (nSPS) is 17.4. The van der Waals surface area contributed by atoms with Gasteiger partial charge in [-0.25, -0.2) is 8.42 Å². The maximum absolute atomic E-state index is 12.6. The maximum Gasteiger partial charge on any atom is 0.323 e. The number of guanidine groups is 1. The Balaban J connectivity index is 1.30. The lowest BCUT2D eigenvalue weighted by molar-refractivity contribution is -0.139. The van der Waals surface area contributed by atoms with Crippen molar-refractivity contribution in [1.82, 2.24) is 19.8 Å². The van der Waals surface area contributed by atoms with Gasteiger partial charge in [-0.15, -0.1) is 0 Å². The zero-order valence-electron chi connectivity index (χ0n) is 20.5. The third-order valence-electron chi connectivity index (χ3n) is 6.36. The Kier molecular flexibility index (Phi) is 8.44. The van der Waals surface area contributed by atoms with Gasteiger partial charge in [0.25, 0.3) is 0 Å². The number of benzene rings is 2. The van der Waals surface area contributed by atoms with Crippen LogP contribution in [0.4, 0.5) is 5.69 Å². The summed E-state index contributed by atoms with van der Waals surface area (Å²) in [5, 5.41) is 13.0. The van der Waals surface area contributed by atoms with Gasteiger partial charge in [-0.05, 0) is 43.3 Å². The minimum Gasteiger partial charge on any atom is -0.480 e. The molecule has 0 bridgehead atoms. The second kappa shape index (κ2) is 11.7. The molecule has 36 heavy (non-hydrogen) atoms. The number of nitrogens with zero attached hydrogens (tertiary/aromatic N) is 4. The third-order valence-corrected chi connectivity index (χ3v) is 7.84. The molecular formula is C25H34N6O4S. The van der Waals surface area contributed by atoms with Gasteiger partial charge in [-0.2, -0.15) is 4.72 Å². The Hall–Kier alpha value is -3.15. The molecule has 1 fully saturated rings. The van der Waals surface area contributed by atoms with Gasteiger partial charge in [0.15, 0.2) is 5.96 Å². The third kappa shape index (κ3) is 6.74. The molecular weight excluding hydrogens is 480 g/mol. The summed E-state index contributed by atoms with van der Waals surface area (Å²) in [5.74, 6) is -0.199. The van der Waals surface area contributed by atoms with Crippen LogP contribution in [0.1, 0.15) is 12.0 Å². The predicted molar refractivity (Wildman–Crippen MR) is 140 cm³/mol. The van der Waals surface area contributed by atoms with Crippen molar-refractivity contribution < 1.29 is 18.3 Å². The molecule has 11 heteroatoms. The quantitative estimate of drug-likeness (QED) is 0.454. The molecule has 1 saturated heterocycles. The van der Waals surface area contributed by atoms with E-state index in [2.05, 4.69) is 37.0 Å². The fourth-order valence-electron chi connectivity index (χ4n) is 4.43. The molecule has 0 spiro atoms. The second-order valence-electron chi connectivity index (χ2n) is 9.15. The monoisotopic (exact) mass is 514 g/mol. The highest BCUT2D eigenvalue weighted by Gasteiger charge is 2.26. The molecule has 0 aliphatic carbocycles. The molecule has 0 aromatic heterocycles. The highest BCUT2D eigenvalue weighted by Crippen LogP contribution is 2.19. The molecule has 0 radical (unpaired) electrons. The summed E-state index contributed by atoms with van der Waals surface area (Å²) in [6.07, 6.45) is 1.09. The summed E-state index contributed by atoms with van der Waals surface area (Å²) >= 11 is 0. The van der Waals surface area contributed by atoms with Crippen LogP contribution in [-0.2, 0) is 21.4 Å². The lowest BCUT2D eigenvalue weighted by Crippen LogP contribution is -2.53. The van der Waals surface area contributed by atoms with Crippen molar-refractivity contribution in [2.24, 2.45) is 4.99 Å². The first-order valence-corrected chi connectivity index (χ1v) is 13.7. The van der Waals surface area contributed by atoms with Crippen molar-refractivity contribution in [3.63, 3.8) is 0 Å². The van der Waals surface area contributed by atoms with Gasteiger partial charge < -0.3 is 20.2 Å². The SMILES string of the molecule is CN(Cc1ccc(N2CCN(C3=NCCCN3)CC2)cc1)C[C@H](NS(=O)(=O)c1ccccc1)C(=O)O. The summed E-state index contributed by atoms with van der Waals surface area (Å²) in [7, 11) is -2.15. The van der Waals surface area contributed by atoms with E-state index in [4.69, 9.17) is 0 Å². The first-order valence-electron chi connectivity index (χ1n) is 12.2. The molecule has 4 rings (SSSR count). The molecule has 2 heterocycles. The number of piperazine rings is 1.